The SMILES string of the molecule is Cc1nn(C)c(C)c1CCN(C)C(=O)CN1C(=O)C2(CCCCC2)C1c1ccccc1. The highest BCUT2D eigenvalue weighted by molar-refractivity contribution is 5.94. The van der Waals surface area contributed by atoms with Crippen molar-refractivity contribution < 1.29 is 9.59 Å². The van der Waals surface area contributed by atoms with Gasteiger partial charge in [-0.25, -0.2) is 0 Å². The smallest absolute Gasteiger partial charge is 0.241 e. The van der Waals surface area contributed by atoms with Gasteiger partial charge in [-0.2, -0.15) is 5.10 Å². The van der Waals surface area contributed by atoms with Crippen LogP contribution in [-0.2, 0) is 23.1 Å². The molecule has 1 unspecified atom stereocenters. The number of β-lactam (4-membered cyclic amide) rings is 1. The minimum absolute atomic E-state index is 0.000799. The van der Waals surface area contributed by atoms with Crippen LogP contribution in [0.25, 0.3) is 0 Å². The quantitative estimate of drug-likeness (QED) is 0.669. The third-order valence-electron chi connectivity index (χ3n) is 7.47. The van der Waals surface area contributed by atoms with E-state index in [2.05, 4.69) is 24.2 Å². The summed E-state index contributed by atoms with van der Waals surface area (Å²) in [5, 5.41) is 4.47. The van der Waals surface area contributed by atoms with Gasteiger partial charge in [0.2, 0.25) is 11.8 Å². The van der Waals surface area contributed by atoms with E-state index in [-0.39, 0.29) is 29.8 Å². The molecule has 1 aliphatic carbocycles. The number of rotatable bonds is 6. The maximum Gasteiger partial charge on any atom is 0.241 e. The number of hydrogen-bond donors (Lipinski definition) is 0. The van der Waals surface area contributed by atoms with Crippen LogP contribution < -0.4 is 0 Å². The fourth-order valence-electron chi connectivity index (χ4n) is 5.57. The van der Waals surface area contributed by atoms with Gasteiger partial charge in [-0.15, -0.1) is 0 Å². The maximum absolute atomic E-state index is 13.3. The Morgan fingerprint density at radius 1 is 1.16 bits per heavy atom. The van der Waals surface area contributed by atoms with Crippen LogP contribution in [0.15, 0.2) is 30.3 Å². The van der Waals surface area contributed by atoms with E-state index < -0.39 is 0 Å². The molecule has 6 heteroatoms. The van der Waals surface area contributed by atoms with Crippen molar-refractivity contribution in [2.45, 2.75) is 58.4 Å². The third kappa shape index (κ3) is 3.77. The van der Waals surface area contributed by atoms with Crippen LogP contribution in [-0.4, -0.2) is 51.5 Å². The minimum Gasteiger partial charge on any atom is -0.344 e. The zero-order valence-electron chi connectivity index (χ0n) is 19.2. The molecule has 2 heterocycles. The lowest BCUT2D eigenvalue weighted by molar-refractivity contribution is -0.181. The molecule has 31 heavy (non-hydrogen) atoms. The van der Waals surface area contributed by atoms with Crippen LogP contribution in [0.4, 0.5) is 0 Å². The van der Waals surface area contributed by atoms with Crippen molar-refractivity contribution in [2.75, 3.05) is 20.1 Å². The van der Waals surface area contributed by atoms with E-state index in [0.717, 1.165) is 49.1 Å². The number of benzene rings is 1. The van der Waals surface area contributed by atoms with Crippen molar-refractivity contribution >= 4 is 11.8 Å². The van der Waals surface area contributed by atoms with Crippen molar-refractivity contribution in [3.05, 3.63) is 52.8 Å². The fourth-order valence-corrected chi connectivity index (χ4v) is 5.57. The molecule has 2 fully saturated rings. The molecule has 1 aromatic carbocycles. The van der Waals surface area contributed by atoms with Gasteiger partial charge in [-0.3, -0.25) is 14.3 Å². The van der Waals surface area contributed by atoms with E-state index in [1.54, 1.807) is 4.90 Å². The lowest BCUT2D eigenvalue weighted by Gasteiger charge is -2.58. The molecule has 166 valence electrons. The Bertz CT molecular complexity index is 959. The number of aromatic nitrogens is 2. The van der Waals surface area contributed by atoms with Crippen LogP contribution in [0.5, 0.6) is 0 Å². The molecule has 1 saturated carbocycles. The van der Waals surface area contributed by atoms with Gasteiger partial charge in [0.25, 0.3) is 0 Å². The molecule has 0 radical (unpaired) electrons. The number of likely N-dealkylation sites (N-methyl/N-ethyl adjacent to an activating group) is 1. The first kappa shape index (κ1) is 21.6. The van der Waals surface area contributed by atoms with Crippen LogP contribution in [0, 0.1) is 19.3 Å². The molecular formula is C25H34N4O2. The molecule has 1 saturated heterocycles. The number of hydrogen-bond acceptors (Lipinski definition) is 3. The van der Waals surface area contributed by atoms with Crippen LogP contribution in [0.3, 0.4) is 0 Å². The summed E-state index contributed by atoms with van der Waals surface area (Å²) < 4.78 is 1.89. The Balaban J connectivity index is 1.45. The summed E-state index contributed by atoms with van der Waals surface area (Å²) in [6.45, 7) is 4.85. The second kappa shape index (κ2) is 8.48. The number of amides is 2. The molecule has 0 N–H and O–H groups in total. The number of carbonyl (C=O) groups is 2. The van der Waals surface area contributed by atoms with Crippen LogP contribution in [0.1, 0.15) is 60.7 Å². The Labute approximate surface area is 185 Å². The molecule has 6 nitrogen and oxygen atoms in total. The van der Waals surface area contributed by atoms with E-state index in [9.17, 15) is 9.59 Å². The lowest BCUT2D eigenvalue weighted by Crippen LogP contribution is -2.65. The molecule has 0 bridgehead atoms. The summed E-state index contributed by atoms with van der Waals surface area (Å²) >= 11 is 0. The average molecular weight is 423 g/mol. The van der Waals surface area contributed by atoms with Gasteiger partial charge in [-0.05, 0) is 44.2 Å². The normalized spacial score (nSPS) is 20.1. The molecule has 2 aromatic rings. The molecule has 4 rings (SSSR count). The zero-order valence-corrected chi connectivity index (χ0v) is 19.2. The van der Waals surface area contributed by atoms with Gasteiger partial charge in [0.05, 0.1) is 17.2 Å². The predicted octanol–water partition coefficient (Wildman–Crippen LogP) is 3.57. The van der Waals surface area contributed by atoms with Crippen molar-refractivity contribution in [2.24, 2.45) is 12.5 Å². The van der Waals surface area contributed by atoms with Gasteiger partial charge >= 0.3 is 0 Å². The Kier molecular flexibility index (Phi) is 5.91. The molecule has 1 spiro atoms. The zero-order chi connectivity index (χ0) is 22.2. The highest BCUT2D eigenvalue weighted by atomic mass is 16.2. The van der Waals surface area contributed by atoms with Gasteiger partial charge in [0, 0.05) is 26.3 Å². The second-order valence-corrected chi connectivity index (χ2v) is 9.30. The van der Waals surface area contributed by atoms with Crippen molar-refractivity contribution in [1.29, 1.82) is 0 Å². The maximum atomic E-state index is 13.3. The summed E-state index contributed by atoms with van der Waals surface area (Å²) in [6.07, 6.45) is 6.04. The Morgan fingerprint density at radius 3 is 2.45 bits per heavy atom. The van der Waals surface area contributed by atoms with E-state index >= 15 is 0 Å². The minimum atomic E-state index is -0.303. The molecule has 1 atom stereocenters. The van der Waals surface area contributed by atoms with Crippen LogP contribution in [0.2, 0.25) is 0 Å². The van der Waals surface area contributed by atoms with Gasteiger partial charge < -0.3 is 9.80 Å². The highest BCUT2D eigenvalue weighted by Crippen LogP contribution is 2.57. The first-order valence-corrected chi connectivity index (χ1v) is 11.4. The summed E-state index contributed by atoms with van der Waals surface area (Å²) in [4.78, 5) is 29.9. The first-order valence-electron chi connectivity index (χ1n) is 11.4. The van der Waals surface area contributed by atoms with Crippen molar-refractivity contribution in [3.8, 4) is 0 Å². The summed E-state index contributed by atoms with van der Waals surface area (Å²) in [5.41, 5.74) is 4.20. The summed E-state index contributed by atoms with van der Waals surface area (Å²) in [7, 11) is 3.78. The predicted molar refractivity (Wildman–Crippen MR) is 120 cm³/mol. The number of carbonyl (C=O) groups excluding carboxylic acids is 2. The second-order valence-electron chi connectivity index (χ2n) is 9.30. The number of nitrogens with zero attached hydrogens (tertiary/aromatic N) is 4. The molecule has 1 aliphatic heterocycles. The largest absolute Gasteiger partial charge is 0.344 e. The average Bonchev–Trinajstić information content (AvgIpc) is 3.03. The monoisotopic (exact) mass is 422 g/mol. The molecule has 1 aromatic heterocycles. The molecule has 2 amide bonds. The lowest BCUT2D eigenvalue weighted by atomic mass is 9.60. The topological polar surface area (TPSA) is 58.4 Å². The summed E-state index contributed by atoms with van der Waals surface area (Å²) in [5.74, 6) is 0.167. The molecule has 2 aliphatic rings. The third-order valence-corrected chi connectivity index (χ3v) is 7.47. The fraction of sp³-hybridized carbons (Fsp3) is 0.560. The van der Waals surface area contributed by atoms with Crippen molar-refractivity contribution in [1.82, 2.24) is 19.6 Å². The van der Waals surface area contributed by atoms with Gasteiger partial charge in [0.1, 0.15) is 6.54 Å². The number of likely N-dealkylation sites (tertiary alicyclic amines) is 1. The van der Waals surface area contributed by atoms with E-state index in [0.29, 0.717) is 6.54 Å². The van der Waals surface area contributed by atoms with Crippen molar-refractivity contribution in [3.63, 3.8) is 0 Å². The molecular weight excluding hydrogens is 388 g/mol. The van der Waals surface area contributed by atoms with Gasteiger partial charge in [-0.1, -0.05) is 49.6 Å². The Hall–Kier alpha value is -2.63. The number of aryl methyl sites for hydroxylation is 2. The highest BCUT2D eigenvalue weighted by Gasteiger charge is 2.60. The summed E-state index contributed by atoms with van der Waals surface area (Å²) in [6, 6.07) is 10.3. The first-order chi connectivity index (χ1) is 14.8. The van der Waals surface area contributed by atoms with Gasteiger partial charge in [0.15, 0.2) is 0 Å². The van der Waals surface area contributed by atoms with E-state index in [4.69, 9.17) is 0 Å². The van der Waals surface area contributed by atoms with Crippen LogP contribution >= 0.6 is 0 Å². The Morgan fingerprint density at radius 2 is 1.84 bits per heavy atom. The van der Waals surface area contributed by atoms with E-state index in [1.165, 1.54) is 12.0 Å². The van der Waals surface area contributed by atoms with E-state index in [1.807, 2.05) is 48.8 Å². The standard InChI is InChI=1S/C25H34N4O2/c1-18-21(19(2)28(4)26-18)13-16-27(3)22(30)17-29-23(20-11-7-5-8-12-20)25(24(29)31)14-9-6-10-15-25/h5,7-8,11-12,23H,6,9-10,13-17H2,1-4H3.